The second-order valence-corrected chi connectivity index (χ2v) is 6.02. The van der Waals surface area contributed by atoms with E-state index in [1.54, 1.807) is 29.2 Å². The van der Waals surface area contributed by atoms with Crippen molar-refractivity contribution in [3.63, 3.8) is 0 Å². The van der Waals surface area contributed by atoms with Crippen LogP contribution in [0.25, 0.3) is 22.2 Å². The van der Waals surface area contributed by atoms with Crippen LogP contribution in [0.2, 0.25) is 0 Å². The Labute approximate surface area is 157 Å². The van der Waals surface area contributed by atoms with E-state index < -0.39 is 17.8 Å². The van der Waals surface area contributed by atoms with Crippen LogP contribution in [-0.4, -0.2) is 31.8 Å². The first-order valence-electron chi connectivity index (χ1n) is 8.29. The molecule has 142 valence electrons. The Kier molecular flexibility index (Phi) is 4.64. The Bertz CT molecular complexity index is 1150. The van der Waals surface area contributed by atoms with Gasteiger partial charge in [-0.25, -0.2) is 23.1 Å². The van der Waals surface area contributed by atoms with Crippen LogP contribution in [0.4, 0.5) is 13.2 Å². The van der Waals surface area contributed by atoms with Crippen LogP contribution in [0.15, 0.2) is 49.1 Å². The molecule has 1 aromatic carbocycles. The van der Waals surface area contributed by atoms with Crippen molar-refractivity contribution in [2.24, 2.45) is 0 Å². The summed E-state index contributed by atoms with van der Waals surface area (Å²) in [6.07, 6.45) is 1.65. The van der Waals surface area contributed by atoms with Crippen LogP contribution in [0.5, 0.6) is 5.88 Å². The molecule has 4 aromatic rings. The number of nitrogens with zero attached hydrogens (tertiary/aromatic N) is 5. The lowest BCUT2D eigenvalue weighted by Crippen LogP contribution is -2.04. The fourth-order valence-corrected chi connectivity index (χ4v) is 2.86. The SMILES string of the molecule is COc1cc(Cn2ncc3ncc(-c4ccc(F)c(C(F)F)c4)cc32)ncn1. The van der Waals surface area contributed by atoms with Crippen molar-refractivity contribution in [3.05, 3.63) is 66.1 Å². The van der Waals surface area contributed by atoms with E-state index in [2.05, 4.69) is 20.1 Å². The summed E-state index contributed by atoms with van der Waals surface area (Å²) in [4.78, 5) is 12.5. The number of ether oxygens (including phenoxy) is 1. The van der Waals surface area contributed by atoms with Gasteiger partial charge in [0.15, 0.2) is 0 Å². The van der Waals surface area contributed by atoms with Gasteiger partial charge in [0.1, 0.15) is 17.7 Å². The molecule has 4 rings (SSSR count). The Morgan fingerprint density at radius 3 is 2.68 bits per heavy atom. The summed E-state index contributed by atoms with van der Waals surface area (Å²) < 4.78 is 46.4. The Morgan fingerprint density at radius 1 is 1.04 bits per heavy atom. The molecule has 0 radical (unpaired) electrons. The number of benzene rings is 1. The molecular formula is C19H14F3N5O. The molecule has 0 amide bonds. The molecule has 0 spiro atoms. The van der Waals surface area contributed by atoms with Crippen LogP contribution in [0.3, 0.4) is 0 Å². The Morgan fingerprint density at radius 2 is 1.89 bits per heavy atom. The van der Waals surface area contributed by atoms with Gasteiger partial charge in [0.25, 0.3) is 6.43 Å². The largest absolute Gasteiger partial charge is 0.481 e. The Hall–Kier alpha value is -3.49. The predicted molar refractivity (Wildman–Crippen MR) is 95.6 cm³/mol. The van der Waals surface area contributed by atoms with Crippen LogP contribution < -0.4 is 4.74 Å². The topological polar surface area (TPSA) is 65.7 Å². The van der Waals surface area contributed by atoms with Gasteiger partial charge in [0.05, 0.1) is 36.6 Å². The zero-order valence-electron chi connectivity index (χ0n) is 14.7. The fraction of sp³-hybridized carbons (Fsp3) is 0.158. The zero-order valence-corrected chi connectivity index (χ0v) is 14.7. The zero-order chi connectivity index (χ0) is 19.7. The minimum Gasteiger partial charge on any atom is -0.481 e. The highest BCUT2D eigenvalue weighted by atomic mass is 19.3. The minimum absolute atomic E-state index is 0.346. The van der Waals surface area contributed by atoms with Gasteiger partial charge in [0, 0.05) is 17.8 Å². The second kappa shape index (κ2) is 7.26. The fourth-order valence-electron chi connectivity index (χ4n) is 2.86. The van der Waals surface area contributed by atoms with Gasteiger partial charge in [-0.2, -0.15) is 5.10 Å². The summed E-state index contributed by atoms with van der Waals surface area (Å²) in [6.45, 7) is 0.346. The monoisotopic (exact) mass is 385 g/mol. The van der Waals surface area contributed by atoms with Crippen molar-refractivity contribution in [1.82, 2.24) is 24.7 Å². The van der Waals surface area contributed by atoms with Gasteiger partial charge in [-0.3, -0.25) is 9.67 Å². The molecule has 0 unspecified atom stereocenters. The molecule has 0 saturated carbocycles. The quantitative estimate of drug-likeness (QED) is 0.519. The number of fused-ring (bicyclic) bond motifs is 1. The standard InChI is InChI=1S/C19H14F3N5O/c1-28-18-6-13(24-10-25-18)9-27-17-5-12(7-23-16(17)8-26-27)11-2-3-15(20)14(4-11)19(21)22/h2-8,10,19H,9H2,1H3. The normalized spacial score (nSPS) is 11.3. The first-order chi connectivity index (χ1) is 13.5. The van der Waals surface area contributed by atoms with Gasteiger partial charge >= 0.3 is 0 Å². The van der Waals surface area contributed by atoms with E-state index in [4.69, 9.17) is 4.74 Å². The minimum atomic E-state index is -2.89. The summed E-state index contributed by atoms with van der Waals surface area (Å²) in [7, 11) is 1.52. The van der Waals surface area contributed by atoms with E-state index in [1.807, 2.05) is 0 Å². The first kappa shape index (κ1) is 17.9. The molecule has 0 fully saturated rings. The predicted octanol–water partition coefficient (Wildman–Crippen LogP) is 4.02. The molecule has 0 saturated heterocycles. The molecule has 9 heteroatoms. The number of hydrogen-bond acceptors (Lipinski definition) is 5. The van der Waals surface area contributed by atoms with Gasteiger partial charge < -0.3 is 4.74 Å². The van der Waals surface area contributed by atoms with Crippen molar-refractivity contribution < 1.29 is 17.9 Å². The summed E-state index contributed by atoms with van der Waals surface area (Å²) in [5, 5.41) is 4.31. The van der Waals surface area contributed by atoms with E-state index in [0.29, 0.717) is 40.3 Å². The number of rotatable bonds is 5. The maximum Gasteiger partial charge on any atom is 0.266 e. The maximum atomic E-state index is 13.6. The highest BCUT2D eigenvalue weighted by Crippen LogP contribution is 2.29. The van der Waals surface area contributed by atoms with Crippen LogP contribution >= 0.6 is 0 Å². The molecule has 28 heavy (non-hydrogen) atoms. The number of aromatic nitrogens is 5. The van der Waals surface area contributed by atoms with E-state index in [0.717, 1.165) is 12.1 Å². The lowest BCUT2D eigenvalue weighted by molar-refractivity contribution is 0.146. The summed E-state index contributed by atoms with van der Waals surface area (Å²) in [5.74, 6) is -0.498. The highest BCUT2D eigenvalue weighted by molar-refractivity contribution is 5.80. The van der Waals surface area contributed by atoms with E-state index in [-0.39, 0.29) is 0 Å². The number of hydrogen-bond donors (Lipinski definition) is 0. The van der Waals surface area contributed by atoms with Gasteiger partial charge in [-0.05, 0) is 23.8 Å². The number of halogens is 3. The third kappa shape index (κ3) is 3.38. The molecule has 0 bridgehead atoms. The second-order valence-electron chi connectivity index (χ2n) is 6.02. The van der Waals surface area contributed by atoms with E-state index in [9.17, 15) is 13.2 Å². The third-order valence-electron chi connectivity index (χ3n) is 4.28. The smallest absolute Gasteiger partial charge is 0.266 e. The van der Waals surface area contributed by atoms with E-state index in [1.165, 1.54) is 19.5 Å². The highest BCUT2D eigenvalue weighted by Gasteiger charge is 2.15. The molecule has 0 N–H and O–H groups in total. The summed E-state index contributed by atoms with van der Waals surface area (Å²) >= 11 is 0. The van der Waals surface area contributed by atoms with Crippen molar-refractivity contribution in [2.75, 3.05) is 7.11 Å². The van der Waals surface area contributed by atoms with Gasteiger partial charge in [0.2, 0.25) is 5.88 Å². The van der Waals surface area contributed by atoms with Crippen molar-refractivity contribution in [3.8, 4) is 17.0 Å². The van der Waals surface area contributed by atoms with E-state index >= 15 is 0 Å². The average molecular weight is 385 g/mol. The van der Waals surface area contributed by atoms with Crippen LogP contribution in [0.1, 0.15) is 17.7 Å². The molecule has 6 nitrogen and oxygen atoms in total. The molecule has 3 aromatic heterocycles. The average Bonchev–Trinajstić information content (AvgIpc) is 3.10. The van der Waals surface area contributed by atoms with Crippen LogP contribution in [-0.2, 0) is 6.54 Å². The molecule has 0 aliphatic rings. The third-order valence-corrected chi connectivity index (χ3v) is 4.28. The first-order valence-corrected chi connectivity index (χ1v) is 8.29. The van der Waals surface area contributed by atoms with Crippen molar-refractivity contribution in [2.45, 2.75) is 13.0 Å². The molecule has 0 atom stereocenters. The molecule has 3 heterocycles. The maximum absolute atomic E-state index is 13.6. The Balaban J connectivity index is 1.73. The van der Waals surface area contributed by atoms with Gasteiger partial charge in [-0.1, -0.05) is 6.07 Å². The van der Waals surface area contributed by atoms with Crippen molar-refractivity contribution >= 4 is 11.0 Å². The summed E-state index contributed by atoms with van der Waals surface area (Å²) in [5.41, 5.74) is 2.40. The van der Waals surface area contributed by atoms with Gasteiger partial charge in [-0.15, -0.1) is 0 Å². The molecule has 0 aliphatic carbocycles. The number of methoxy groups -OCH3 is 1. The van der Waals surface area contributed by atoms with Crippen LogP contribution in [0, 0.1) is 5.82 Å². The molecule has 0 aliphatic heterocycles. The molecular weight excluding hydrogens is 371 g/mol. The van der Waals surface area contributed by atoms with Crippen molar-refractivity contribution in [1.29, 1.82) is 0 Å². The lowest BCUT2D eigenvalue weighted by atomic mass is 10.0. The number of pyridine rings is 1. The lowest BCUT2D eigenvalue weighted by Gasteiger charge is -2.08. The number of alkyl halides is 2. The summed E-state index contributed by atoms with van der Waals surface area (Å²) in [6, 6.07) is 7.08.